The first-order chi connectivity index (χ1) is 10.9. The molecule has 2 aromatic rings. The van der Waals surface area contributed by atoms with Gasteiger partial charge in [-0.2, -0.15) is 15.5 Å². The molecule has 0 spiro atoms. The first-order valence-corrected chi connectivity index (χ1v) is 7.31. The minimum absolute atomic E-state index is 0.542. The second kappa shape index (κ2) is 9.24. The standard InChI is InChI=1S/C17H18N4O/c18-11-6-1-2-7-13-22-21-17(15-8-4-3-5-9-15)16-10-12-19-20-14-16/h3-5,8-10,12,14H,1-2,6-7,13H2/b21-17-. The van der Waals surface area contributed by atoms with Crippen LogP contribution in [-0.4, -0.2) is 22.5 Å². The molecule has 2 rings (SSSR count). The number of oxime groups is 1. The van der Waals surface area contributed by atoms with E-state index in [2.05, 4.69) is 21.4 Å². The summed E-state index contributed by atoms with van der Waals surface area (Å²) in [7, 11) is 0. The molecule has 0 aliphatic heterocycles. The predicted octanol–water partition coefficient (Wildman–Crippen LogP) is 3.33. The Bertz CT molecular complexity index is 579. The number of rotatable bonds is 8. The van der Waals surface area contributed by atoms with E-state index < -0.39 is 0 Å². The zero-order valence-electron chi connectivity index (χ0n) is 12.4. The number of aromatic nitrogens is 2. The summed E-state index contributed by atoms with van der Waals surface area (Å²) in [5.41, 5.74) is 2.58. The molecule has 0 bridgehead atoms. The molecule has 0 aliphatic carbocycles. The van der Waals surface area contributed by atoms with Gasteiger partial charge in [0.25, 0.3) is 0 Å². The van der Waals surface area contributed by atoms with Crippen LogP contribution in [0.5, 0.6) is 0 Å². The highest BCUT2D eigenvalue weighted by Gasteiger charge is 2.07. The molecular formula is C17H18N4O. The van der Waals surface area contributed by atoms with E-state index in [1.807, 2.05) is 36.4 Å². The van der Waals surface area contributed by atoms with Crippen LogP contribution in [0.1, 0.15) is 36.8 Å². The van der Waals surface area contributed by atoms with E-state index in [4.69, 9.17) is 10.1 Å². The van der Waals surface area contributed by atoms with E-state index in [9.17, 15) is 0 Å². The number of nitriles is 1. The molecule has 0 fully saturated rings. The van der Waals surface area contributed by atoms with Gasteiger partial charge in [0.05, 0.1) is 18.5 Å². The lowest BCUT2D eigenvalue weighted by atomic mass is 10.1. The summed E-state index contributed by atoms with van der Waals surface area (Å²) in [4.78, 5) is 5.44. The van der Waals surface area contributed by atoms with Gasteiger partial charge in [0.15, 0.2) is 0 Å². The van der Waals surface area contributed by atoms with Crippen molar-refractivity contribution in [2.45, 2.75) is 25.7 Å². The van der Waals surface area contributed by atoms with Crippen molar-refractivity contribution in [3.63, 3.8) is 0 Å². The Kier molecular flexibility index (Phi) is 6.57. The fraction of sp³-hybridized carbons (Fsp3) is 0.294. The summed E-state index contributed by atoms with van der Waals surface area (Å²) in [5, 5.41) is 20.4. The Morgan fingerprint density at radius 1 is 1.05 bits per heavy atom. The van der Waals surface area contributed by atoms with Gasteiger partial charge in [0.1, 0.15) is 12.3 Å². The lowest BCUT2D eigenvalue weighted by Crippen LogP contribution is -2.05. The van der Waals surface area contributed by atoms with Crippen LogP contribution >= 0.6 is 0 Å². The lowest BCUT2D eigenvalue weighted by molar-refractivity contribution is 0.140. The zero-order chi connectivity index (χ0) is 15.5. The Hall–Kier alpha value is -2.74. The fourth-order valence-electron chi connectivity index (χ4n) is 1.96. The fourth-order valence-corrected chi connectivity index (χ4v) is 1.96. The van der Waals surface area contributed by atoms with Crippen LogP contribution in [-0.2, 0) is 4.84 Å². The maximum atomic E-state index is 8.48. The molecule has 1 aromatic carbocycles. The highest BCUT2D eigenvalue weighted by molar-refractivity contribution is 6.12. The highest BCUT2D eigenvalue weighted by atomic mass is 16.6. The Morgan fingerprint density at radius 3 is 2.64 bits per heavy atom. The predicted molar refractivity (Wildman–Crippen MR) is 84.1 cm³/mol. The van der Waals surface area contributed by atoms with Gasteiger partial charge in [0.2, 0.25) is 0 Å². The maximum Gasteiger partial charge on any atom is 0.118 e. The SMILES string of the molecule is N#CCCCCCO/N=C(/c1ccccc1)c1ccnnc1. The molecule has 1 aromatic heterocycles. The van der Waals surface area contributed by atoms with Crippen LogP contribution in [0.25, 0.3) is 0 Å². The average Bonchev–Trinajstić information content (AvgIpc) is 2.59. The van der Waals surface area contributed by atoms with Crippen LogP contribution in [0.2, 0.25) is 0 Å². The molecule has 0 aliphatic rings. The smallest absolute Gasteiger partial charge is 0.118 e. The quantitative estimate of drug-likeness (QED) is 0.425. The summed E-state index contributed by atoms with van der Waals surface area (Å²) < 4.78 is 0. The van der Waals surface area contributed by atoms with Crippen molar-refractivity contribution in [2.24, 2.45) is 5.16 Å². The first kappa shape index (κ1) is 15.6. The maximum absolute atomic E-state index is 8.48. The number of nitrogens with zero attached hydrogens (tertiary/aromatic N) is 4. The summed E-state index contributed by atoms with van der Waals surface area (Å²) >= 11 is 0. The van der Waals surface area contributed by atoms with Crippen LogP contribution < -0.4 is 0 Å². The Morgan fingerprint density at radius 2 is 1.91 bits per heavy atom. The van der Waals surface area contributed by atoms with E-state index in [-0.39, 0.29) is 0 Å². The largest absolute Gasteiger partial charge is 0.395 e. The molecule has 1 heterocycles. The van der Waals surface area contributed by atoms with Crippen molar-refractivity contribution >= 4 is 5.71 Å². The topological polar surface area (TPSA) is 71.2 Å². The second-order valence-electron chi connectivity index (χ2n) is 4.74. The number of unbranched alkanes of at least 4 members (excludes halogenated alkanes) is 3. The summed E-state index contributed by atoms with van der Waals surface area (Å²) in [5.74, 6) is 0. The van der Waals surface area contributed by atoms with Crippen molar-refractivity contribution in [1.29, 1.82) is 5.26 Å². The van der Waals surface area contributed by atoms with E-state index in [1.54, 1.807) is 12.4 Å². The van der Waals surface area contributed by atoms with Gasteiger partial charge in [0, 0.05) is 17.5 Å². The van der Waals surface area contributed by atoms with Crippen molar-refractivity contribution in [3.8, 4) is 6.07 Å². The summed E-state index contributed by atoms with van der Waals surface area (Å²) in [6.45, 7) is 0.542. The van der Waals surface area contributed by atoms with Gasteiger partial charge < -0.3 is 4.84 Å². The third kappa shape index (κ3) is 4.98. The molecule has 5 heteroatoms. The van der Waals surface area contributed by atoms with E-state index in [0.717, 1.165) is 36.1 Å². The minimum atomic E-state index is 0.542. The van der Waals surface area contributed by atoms with Crippen LogP contribution in [0.4, 0.5) is 0 Å². The van der Waals surface area contributed by atoms with Gasteiger partial charge in [-0.3, -0.25) is 0 Å². The molecular weight excluding hydrogens is 276 g/mol. The third-order valence-corrected chi connectivity index (χ3v) is 3.08. The van der Waals surface area contributed by atoms with Crippen molar-refractivity contribution < 1.29 is 4.84 Å². The monoisotopic (exact) mass is 294 g/mol. The van der Waals surface area contributed by atoms with Crippen LogP contribution in [0.15, 0.2) is 53.9 Å². The molecule has 112 valence electrons. The van der Waals surface area contributed by atoms with Gasteiger partial charge in [-0.1, -0.05) is 35.5 Å². The second-order valence-corrected chi connectivity index (χ2v) is 4.74. The first-order valence-electron chi connectivity index (χ1n) is 7.31. The Labute approximate surface area is 130 Å². The van der Waals surface area contributed by atoms with Crippen molar-refractivity contribution in [1.82, 2.24) is 10.2 Å². The number of hydrogen-bond acceptors (Lipinski definition) is 5. The van der Waals surface area contributed by atoms with Gasteiger partial charge in [-0.25, -0.2) is 0 Å². The molecule has 0 saturated carbocycles. The van der Waals surface area contributed by atoms with E-state index >= 15 is 0 Å². The van der Waals surface area contributed by atoms with Gasteiger partial charge in [-0.15, -0.1) is 0 Å². The normalized spacial score (nSPS) is 11.0. The molecule has 0 unspecified atom stereocenters. The molecule has 0 saturated heterocycles. The van der Waals surface area contributed by atoms with Gasteiger partial charge >= 0.3 is 0 Å². The van der Waals surface area contributed by atoms with Crippen LogP contribution in [0.3, 0.4) is 0 Å². The summed E-state index contributed by atoms with van der Waals surface area (Å²) in [6.07, 6.45) is 6.67. The van der Waals surface area contributed by atoms with E-state index in [1.165, 1.54) is 0 Å². The summed E-state index contributed by atoms with van der Waals surface area (Å²) in [6, 6.07) is 13.8. The van der Waals surface area contributed by atoms with Crippen molar-refractivity contribution in [2.75, 3.05) is 6.61 Å². The number of hydrogen-bond donors (Lipinski definition) is 0. The average molecular weight is 294 g/mol. The molecule has 22 heavy (non-hydrogen) atoms. The zero-order valence-corrected chi connectivity index (χ0v) is 12.4. The third-order valence-electron chi connectivity index (χ3n) is 3.08. The molecule has 0 radical (unpaired) electrons. The van der Waals surface area contributed by atoms with Gasteiger partial charge in [-0.05, 0) is 25.3 Å². The van der Waals surface area contributed by atoms with Crippen molar-refractivity contribution in [3.05, 3.63) is 59.9 Å². The molecule has 5 nitrogen and oxygen atoms in total. The lowest BCUT2D eigenvalue weighted by Gasteiger charge is -2.06. The molecule has 0 atom stereocenters. The minimum Gasteiger partial charge on any atom is -0.395 e. The highest BCUT2D eigenvalue weighted by Crippen LogP contribution is 2.10. The molecule has 0 N–H and O–H groups in total. The molecule has 0 amide bonds. The number of benzene rings is 1. The Balaban J connectivity index is 2.00. The van der Waals surface area contributed by atoms with Crippen LogP contribution in [0, 0.1) is 11.3 Å². The van der Waals surface area contributed by atoms with E-state index in [0.29, 0.717) is 13.0 Å².